The van der Waals surface area contributed by atoms with Crippen LogP contribution >= 0.6 is 0 Å². The molecule has 0 spiro atoms. The van der Waals surface area contributed by atoms with E-state index in [2.05, 4.69) is 4.98 Å². The van der Waals surface area contributed by atoms with Gasteiger partial charge in [-0.25, -0.2) is 0 Å². The zero-order valence-corrected chi connectivity index (χ0v) is 7.90. The van der Waals surface area contributed by atoms with Gasteiger partial charge in [0, 0.05) is 6.20 Å². The molecule has 2 heteroatoms. The summed E-state index contributed by atoms with van der Waals surface area (Å²) in [5.74, 6) is 0.748. The van der Waals surface area contributed by atoms with Gasteiger partial charge in [-0.1, -0.05) is 12.8 Å². The summed E-state index contributed by atoms with van der Waals surface area (Å²) < 4.78 is 0. The Morgan fingerprint density at radius 1 is 1.62 bits per heavy atom. The highest BCUT2D eigenvalue weighted by Gasteiger charge is 2.25. The molecule has 0 radical (unpaired) electrons. The highest BCUT2D eigenvalue weighted by atomic mass is 16.3. The monoisotopic (exact) mass is 177 g/mol. The number of hydrogen-bond acceptors (Lipinski definition) is 2. The molecule has 0 aliphatic heterocycles. The zero-order valence-electron chi connectivity index (χ0n) is 7.90. The van der Waals surface area contributed by atoms with Gasteiger partial charge in [0.1, 0.15) is 0 Å². The van der Waals surface area contributed by atoms with E-state index in [1.165, 1.54) is 18.4 Å². The van der Waals surface area contributed by atoms with Crippen molar-refractivity contribution >= 4 is 0 Å². The molecule has 2 nitrogen and oxygen atoms in total. The lowest BCUT2D eigenvalue weighted by Gasteiger charge is -2.09. The largest absolute Gasteiger partial charge is 0.387 e. The molecule has 1 saturated carbocycles. The van der Waals surface area contributed by atoms with Crippen LogP contribution in [0.1, 0.15) is 36.6 Å². The minimum atomic E-state index is -0.354. The Bertz CT molecular complexity index is 294. The van der Waals surface area contributed by atoms with Gasteiger partial charge in [0.05, 0.1) is 11.8 Å². The Morgan fingerprint density at radius 3 is 3.00 bits per heavy atom. The number of aromatic nitrogens is 1. The van der Waals surface area contributed by atoms with Gasteiger partial charge in [-0.2, -0.15) is 0 Å². The van der Waals surface area contributed by atoms with Gasteiger partial charge in [-0.05, 0) is 37.0 Å². The predicted octanol–water partition coefficient (Wildman–Crippen LogP) is 2.22. The molecular weight excluding hydrogens is 162 g/mol. The van der Waals surface area contributed by atoms with Gasteiger partial charge in [-0.3, -0.25) is 4.98 Å². The molecule has 1 aromatic heterocycles. The molecular formula is C11H15NO. The number of nitrogens with zero attached hydrogens (tertiary/aromatic N) is 1. The van der Waals surface area contributed by atoms with E-state index in [0.29, 0.717) is 0 Å². The number of rotatable bonds is 3. The van der Waals surface area contributed by atoms with E-state index < -0.39 is 0 Å². The van der Waals surface area contributed by atoms with Crippen LogP contribution < -0.4 is 0 Å². The van der Waals surface area contributed by atoms with Gasteiger partial charge in [0.15, 0.2) is 0 Å². The summed E-state index contributed by atoms with van der Waals surface area (Å²) in [6, 6.07) is 3.92. The molecule has 1 fully saturated rings. The van der Waals surface area contributed by atoms with E-state index in [0.717, 1.165) is 18.0 Å². The lowest BCUT2D eigenvalue weighted by Crippen LogP contribution is -2.01. The fourth-order valence-electron chi connectivity index (χ4n) is 1.53. The van der Waals surface area contributed by atoms with E-state index >= 15 is 0 Å². The van der Waals surface area contributed by atoms with Gasteiger partial charge in [-0.15, -0.1) is 0 Å². The number of pyridine rings is 1. The summed E-state index contributed by atoms with van der Waals surface area (Å²) in [4.78, 5) is 4.17. The molecule has 1 unspecified atom stereocenters. The molecule has 0 saturated heterocycles. The lowest BCUT2D eigenvalue weighted by atomic mass is 10.1. The molecule has 1 atom stereocenters. The number of hydrogen-bond donors (Lipinski definition) is 1. The SMILES string of the molecule is Cc1ccnc(C(O)CC2CC2)c1. The maximum absolute atomic E-state index is 9.79. The molecule has 1 aliphatic carbocycles. The molecule has 0 aromatic carbocycles. The van der Waals surface area contributed by atoms with Crippen molar-refractivity contribution in [3.63, 3.8) is 0 Å². The molecule has 1 heterocycles. The standard InChI is InChI=1S/C11H15NO/c1-8-4-5-12-10(6-8)11(13)7-9-2-3-9/h4-6,9,11,13H,2-3,7H2,1H3. The average Bonchev–Trinajstić information content (AvgIpc) is 2.88. The molecule has 13 heavy (non-hydrogen) atoms. The molecule has 0 bridgehead atoms. The van der Waals surface area contributed by atoms with Crippen molar-refractivity contribution < 1.29 is 5.11 Å². The maximum atomic E-state index is 9.79. The number of aliphatic hydroxyl groups is 1. The summed E-state index contributed by atoms with van der Waals surface area (Å²) in [5, 5.41) is 9.79. The summed E-state index contributed by atoms with van der Waals surface area (Å²) in [6.45, 7) is 2.02. The maximum Gasteiger partial charge on any atom is 0.0962 e. The molecule has 70 valence electrons. The van der Waals surface area contributed by atoms with Crippen molar-refractivity contribution in [3.8, 4) is 0 Å². The van der Waals surface area contributed by atoms with Crippen molar-refractivity contribution in [3.05, 3.63) is 29.6 Å². The van der Waals surface area contributed by atoms with Crippen LogP contribution in [0.25, 0.3) is 0 Å². The Kier molecular flexibility index (Phi) is 2.32. The minimum absolute atomic E-state index is 0.354. The highest BCUT2D eigenvalue weighted by molar-refractivity contribution is 5.16. The Hall–Kier alpha value is -0.890. The number of aliphatic hydroxyl groups excluding tert-OH is 1. The van der Waals surface area contributed by atoms with Crippen LogP contribution in [0.5, 0.6) is 0 Å². The third-order valence-electron chi connectivity index (χ3n) is 2.53. The van der Waals surface area contributed by atoms with Crippen LogP contribution in [0.2, 0.25) is 0 Å². The smallest absolute Gasteiger partial charge is 0.0962 e. The lowest BCUT2D eigenvalue weighted by molar-refractivity contribution is 0.155. The molecule has 1 N–H and O–H groups in total. The normalized spacial score (nSPS) is 18.6. The first-order valence-electron chi connectivity index (χ1n) is 4.86. The molecule has 1 aromatic rings. The summed E-state index contributed by atoms with van der Waals surface area (Å²) in [5.41, 5.74) is 1.99. The van der Waals surface area contributed by atoms with E-state index in [1.807, 2.05) is 19.1 Å². The summed E-state index contributed by atoms with van der Waals surface area (Å²) >= 11 is 0. The van der Waals surface area contributed by atoms with Crippen molar-refractivity contribution in [2.45, 2.75) is 32.3 Å². The summed E-state index contributed by atoms with van der Waals surface area (Å²) in [7, 11) is 0. The van der Waals surface area contributed by atoms with Crippen molar-refractivity contribution in [2.24, 2.45) is 5.92 Å². The first kappa shape index (κ1) is 8.70. The van der Waals surface area contributed by atoms with Crippen LogP contribution in [0.3, 0.4) is 0 Å². The van der Waals surface area contributed by atoms with E-state index in [4.69, 9.17) is 0 Å². The van der Waals surface area contributed by atoms with Crippen LogP contribution in [0, 0.1) is 12.8 Å². The Balaban J connectivity index is 2.04. The van der Waals surface area contributed by atoms with Crippen LogP contribution in [0.4, 0.5) is 0 Å². The van der Waals surface area contributed by atoms with Crippen LogP contribution in [0.15, 0.2) is 18.3 Å². The quantitative estimate of drug-likeness (QED) is 0.768. The first-order chi connectivity index (χ1) is 6.25. The van der Waals surface area contributed by atoms with Crippen LogP contribution in [-0.2, 0) is 0 Å². The van der Waals surface area contributed by atoms with E-state index in [9.17, 15) is 5.11 Å². The zero-order chi connectivity index (χ0) is 9.26. The molecule has 2 rings (SSSR count). The van der Waals surface area contributed by atoms with E-state index in [-0.39, 0.29) is 6.10 Å². The second-order valence-corrected chi connectivity index (χ2v) is 3.95. The van der Waals surface area contributed by atoms with Gasteiger partial charge in [0.2, 0.25) is 0 Å². The fourth-order valence-corrected chi connectivity index (χ4v) is 1.53. The third-order valence-corrected chi connectivity index (χ3v) is 2.53. The minimum Gasteiger partial charge on any atom is -0.387 e. The summed E-state index contributed by atoms with van der Waals surface area (Å²) in [6.07, 6.45) is 4.86. The Morgan fingerprint density at radius 2 is 2.38 bits per heavy atom. The van der Waals surface area contributed by atoms with Crippen molar-refractivity contribution in [1.29, 1.82) is 0 Å². The Labute approximate surface area is 78.6 Å². The highest BCUT2D eigenvalue weighted by Crippen LogP contribution is 2.37. The average molecular weight is 177 g/mol. The van der Waals surface area contributed by atoms with Gasteiger partial charge in [0.25, 0.3) is 0 Å². The van der Waals surface area contributed by atoms with Crippen molar-refractivity contribution in [1.82, 2.24) is 4.98 Å². The van der Waals surface area contributed by atoms with Crippen molar-refractivity contribution in [2.75, 3.05) is 0 Å². The first-order valence-corrected chi connectivity index (χ1v) is 4.86. The molecule has 1 aliphatic rings. The van der Waals surface area contributed by atoms with Gasteiger partial charge < -0.3 is 5.11 Å². The molecule has 0 amide bonds. The predicted molar refractivity (Wildman–Crippen MR) is 51.3 cm³/mol. The second kappa shape index (κ2) is 3.46. The number of aryl methyl sites for hydroxylation is 1. The van der Waals surface area contributed by atoms with Crippen LogP contribution in [-0.4, -0.2) is 10.1 Å². The van der Waals surface area contributed by atoms with Gasteiger partial charge >= 0.3 is 0 Å². The topological polar surface area (TPSA) is 33.1 Å². The van der Waals surface area contributed by atoms with E-state index in [1.54, 1.807) is 6.20 Å². The second-order valence-electron chi connectivity index (χ2n) is 3.95. The third kappa shape index (κ3) is 2.28. The fraction of sp³-hybridized carbons (Fsp3) is 0.545.